The average molecular weight is 309 g/mol. The normalized spacial score (nSPS) is 20.0. The standard InChI is InChI=1S/C19H23N3O/c1-3-19(23)22-13(2)12-17(16-6-4-5-7-18(16)22)21-15-10-8-14(20)9-11-15/h4-11,13,17,21H,3,12,20H2,1-2H3. The van der Waals surface area contributed by atoms with Gasteiger partial charge in [-0.05, 0) is 49.2 Å². The Balaban J connectivity index is 1.93. The van der Waals surface area contributed by atoms with Crippen LogP contribution in [0, 0.1) is 0 Å². The van der Waals surface area contributed by atoms with Gasteiger partial charge in [0.25, 0.3) is 0 Å². The number of carbonyl (C=O) groups excluding carboxylic acids is 1. The minimum absolute atomic E-state index is 0.170. The van der Waals surface area contributed by atoms with Crippen LogP contribution in [-0.2, 0) is 4.79 Å². The lowest BCUT2D eigenvalue weighted by atomic mass is 9.91. The number of nitrogens with one attached hydrogen (secondary N) is 1. The molecule has 0 saturated heterocycles. The van der Waals surface area contributed by atoms with Crippen LogP contribution in [0.15, 0.2) is 48.5 Å². The Hall–Kier alpha value is -2.49. The van der Waals surface area contributed by atoms with E-state index in [0.29, 0.717) is 6.42 Å². The fourth-order valence-corrected chi connectivity index (χ4v) is 3.28. The van der Waals surface area contributed by atoms with Crippen LogP contribution in [0.25, 0.3) is 0 Å². The summed E-state index contributed by atoms with van der Waals surface area (Å²) in [5.74, 6) is 0.177. The van der Waals surface area contributed by atoms with Gasteiger partial charge < -0.3 is 16.0 Å². The van der Waals surface area contributed by atoms with E-state index >= 15 is 0 Å². The van der Waals surface area contributed by atoms with Crippen molar-refractivity contribution in [3.8, 4) is 0 Å². The number of amides is 1. The molecule has 0 aliphatic carbocycles. The molecule has 3 rings (SSSR count). The molecule has 1 heterocycles. The zero-order chi connectivity index (χ0) is 16.4. The summed E-state index contributed by atoms with van der Waals surface area (Å²) in [4.78, 5) is 14.3. The van der Waals surface area contributed by atoms with Crippen molar-refractivity contribution in [2.75, 3.05) is 16.0 Å². The Bertz CT molecular complexity index is 696. The molecule has 2 aromatic rings. The molecule has 4 heteroatoms. The Labute approximate surface area is 137 Å². The van der Waals surface area contributed by atoms with Gasteiger partial charge in [0.15, 0.2) is 0 Å². The van der Waals surface area contributed by atoms with Gasteiger partial charge in [0.1, 0.15) is 0 Å². The van der Waals surface area contributed by atoms with Gasteiger partial charge in [0.2, 0.25) is 5.91 Å². The first kappa shape index (κ1) is 15.4. The monoisotopic (exact) mass is 309 g/mol. The van der Waals surface area contributed by atoms with Crippen molar-refractivity contribution in [1.29, 1.82) is 0 Å². The third-order valence-electron chi connectivity index (χ3n) is 4.41. The van der Waals surface area contributed by atoms with Crippen molar-refractivity contribution in [3.63, 3.8) is 0 Å². The fourth-order valence-electron chi connectivity index (χ4n) is 3.28. The van der Waals surface area contributed by atoms with Gasteiger partial charge in [-0.2, -0.15) is 0 Å². The molecule has 2 unspecified atom stereocenters. The van der Waals surface area contributed by atoms with Crippen LogP contribution >= 0.6 is 0 Å². The molecule has 2 atom stereocenters. The first-order valence-corrected chi connectivity index (χ1v) is 8.13. The van der Waals surface area contributed by atoms with Crippen molar-refractivity contribution < 1.29 is 4.79 Å². The van der Waals surface area contributed by atoms with Crippen molar-refractivity contribution in [2.24, 2.45) is 0 Å². The predicted octanol–water partition coefficient (Wildman–Crippen LogP) is 3.96. The number of nitrogens with two attached hydrogens (primary N) is 1. The van der Waals surface area contributed by atoms with E-state index in [9.17, 15) is 4.79 Å². The van der Waals surface area contributed by atoms with Crippen molar-refractivity contribution in [2.45, 2.75) is 38.8 Å². The maximum absolute atomic E-state index is 12.3. The molecule has 120 valence electrons. The molecule has 1 aliphatic rings. The van der Waals surface area contributed by atoms with Gasteiger partial charge >= 0.3 is 0 Å². The summed E-state index contributed by atoms with van der Waals surface area (Å²) in [6, 6.07) is 16.3. The highest BCUT2D eigenvalue weighted by Crippen LogP contribution is 2.39. The second-order valence-corrected chi connectivity index (χ2v) is 6.08. The zero-order valence-corrected chi connectivity index (χ0v) is 13.6. The second-order valence-electron chi connectivity index (χ2n) is 6.08. The number of hydrogen-bond acceptors (Lipinski definition) is 3. The number of para-hydroxylation sites is 1. The fraction of sp³-hybridized carbons (Fsp3) is 0.316. The number of fused-ring (bicyclic) bond motifs is 1. The molecule has 1 amide bonds. The highest BCUT2D eigenvalue weighted by molar-refractivity contribution is 5.95. The Morgan fingerprint density at radius 2 is 1.91 bits per heavy atom. The summed E-state index contributed by atoms with van der Waals surface area (Å²) in [6.45, 7) is 4.03. The predicted molar refractivity (Wildman–Crippen MR) is 95.5 cm³/mol. The summed E-state index contributed by atoms with van der Waals surface area (Å²) in [6.07, 6.45) is 1.40. The number of rotatable bonds is 3. The molecule has 0 spiro atoms. The molecular formula is C19H23N3O. The number of nitrogen functional groups attached to an aromatic ring is 1. The summed E-state index contributed by atoms with van der Waals surface area (Å²) < 4.78 is 0. The van der Waals surface area contributed by atoms with Crippen LogP contribution in [0.5, 0.6) is 0 Å². The minimum Gasteiger partial charge on any atom is -0.399 e. The van der Waals surface area contributed by atoms with Crippen LogP contribution in [0.1, 0.15) is 38.3 Å². The van der Waals surface area contributed by atoms with Crippen LogP contribution in [0.2, 0.25) is 0 Å². The van der Waals surface area contributed by atoms with E-state index in [4.69, 9.17) is 5.73 Å². The van der Waals surface area contributed by atoms with E-state index < -0.39 is 0 Å². The number of benzene rings is 2. The van der Waals surface area contributed by atoms with Gasteiger partial charge in [0, 0.05) is 29.5 Å². The third-order valence-corrected chi connectivity index (χ3v) is 4.41. The largest absolute Gasteiger partial charge is 0.399 e. The topological polar surface area (TPSA) is 58.4 Å². The molecule has 0 radical (unpaired) electrons. The molecule has 0 bridgehead atoms. The Morgan fingerprint density at radius 3 is 2.61 bits per heavy atom. The van der Waals surface area contributed by atoms with E-state index in [1.807, 2.05) is 54.3 Å². The SMILES string of the molecule is CCC(=O)N1c2ccccc2C(Nc2ccc(N)cc2)CC1C. The third kappa shape index (κ3) is 3.02. The Morgan fingerprint density at radius 1 is 1.22 bits per heavy atom. The minimum atomic E-state index is 0.170. The number of carbonyl (C=O) groups is 1. The Kier molecular flexibility index (Phi) is 4.24. The summed E-state index contributed by atoms with van der Waals surface area (Å²) in [5.41, 5.74) is 9.74. The summed E-state index contributed by atoms with van der Waals surface area (Å²) in [7, 11) is 0. The van der Waals surface area contributed by atoms with E-state index in [2.05, 4.69) is 18.3 Å². The molecule has 2 aromatic carbocycles. The van der Waals surface area contributed by atoms with Gasteiger partial charge in [-0.1, -0.05) is 25.1 Å². The molecule has 4 nitrogen and oxygen atoms in total. The maximum atomic E-state index is 12.3. The second kappa shape index (κ2) is 6.32. The smallest absolute Gasteiger partial charge is 0.226 e. The quantitative estimate of drug-likeness (QED) is 0.844. The first-order valence-electron chi connectivity index (χ1n) is 8.13. The van der Waals surface area contributed by atoms with Crippen LogP contribution < -0.4 is 16.0 Å². The zero-order valence-electron chi connectivity index (χ0n) is 13.6. The van der Waals surface area contributed by atoms with Crippen molar-refractivity contribution >= 4 is 23.0 Å². The highest BCUT2D eigenvalue weighted by atomic mass is 16.2. The lowest BCUT2D eigenvalue weighted by Gasteiger charge is -2.40. The molecule has 0 saturated carbocycles. The van der Waals surface area contributed by atoms with E-state index in [0.717, 1.165) is 23.5 Å². The van der Waals surface area contributed by atoms with E-state index in [1.54, 1.807) is 0 Å². The molecular weight excluding hydrogens is 286 g/mol. The molecule has 1 aliphatic heterocycles. The van der Waals surface area contributed by atoms with Gasteiger partial charge in [0.05, 0.1) is 6.04 Å². The van der Waals surface area contributed by atoms with Crippen molar-refractivity contribution in [1.82, 2.24) is 0 Å². The average Bonchev–Trinajstić information content (AvgIpc) is 2.56. The number of nitrogens with zero attached hydrogens (tertiary/aromatic N) is 1. The lowest BCUT2D eigenvalue weighted by molar-refractivity contribution is -0.118. The van der Waals surface area contributed by atoms with Gasteiger partial charge in [-0.25, -0.2) is 0 Å². The van der Waals surface area contributed by atoms with E-state index in [-0.39, 0.29) is 18.0 Å². The van der Waals surface area contributed by atoms with Crippen molar-refractivity contribution in [3.05, 3.63) is 54.1 Å². The van der Waals surface area contributed by atoms with Crippen LogP contribution in [0.4, 0.5) is 17.1 Å². The first-order chi connectivity index (χ1) is 11.1. The van der Waals surface area contributed by atoms with Gasteiger partial charge in [-0.3, -0.25) is 4.79 Å². The molecule has 0 aromatic heterocycles. The molecule has 0 fully saturated rings. The van der Waals surface area contributed by atoms with Gasteiger partial charge in [-0.15, -0.1) is 0 Å². The van der Waals surface area contributed by atoms with E-state index in [1.165, 1.54) is 5.56 Å². The number of anilines is 3. The highest BCUT2D eigenvalue weighted by Gasteiger charge is 2.32. The lowest BCUT2D eigenvalue weighted by Crippen LogP contribution is -2.44. The maximum Gasteiger partial charge on any atom is 0.226 e. The van der Waals surface area contributed by atoms with Crippen LogP contribution in [0.3, 0.4) is 0 Å². The number of hydrogen-bond donors (Lipinski definition) is 2. The summed E-state index contributed by atoms with van der Waals surface area (Å²) >= 11 is 0. The molecule has 3 N–H and O–H groups in total. The summed E-state index contributed by atoms with van der Waals surface area (Å²) in [5, 5.41) is 3.58. The molecule has 23 heavy (non-hydrogen) atoms. The van der Waals surface area contributed by atoms with Crippen LogP contribution in [-0.4, -0.2) is 11.9 Å².